The average molecular weight is 130 g/mol. The molecule has 0 heterocycles. The van der Waals surface area contributed by atoms with Gasteiger partial charge in [0.25, 0.3) is 0 Å². The second kappa shape index (κ2) is 3.18. The smallest absolute Gasteiger partial charge is 0.0135 e. The molecular formula is C7H14S. The average Bonchev–Trinajstić information content (AvgIpc) is 1.67. The van der Waals surface area contributed by atoms with Crippen molar-refractivity contribution >= 4 is 11.8 Å². The maximum absolute atomic E-state index is 3.68. The number of hydrogen-bond donors (Lipinski definition) is 0. The molecule has 0 fully saturated rings. The zero-order chi connectivity index (χ0) is 6.62. The maximum Gasteiger partial charge on any atom is 0.0135 e. The predicted octanol–water partition coefficient (Wildman–Crippen LogP) is 2.70. The van der Waals surface area contributed by atoms with Crippen LogP contribution in [0.5, 0.6) is 0 Å². The fraction of sp³-hybridized carbons (Fsp3) is 0.714. The van der Waals surface area contributed by atoms with Crippen molar-refractivity contribution in [3.8, 4) is 0 Å². The van der Waals surface area contributed by atoms with Gasteiger partial charge in [-0.3, -0.25) is 0 Å². The second-order valence-corrected chi connectivity index (χ2v) is 3.97. The third kappa shape index (κ3) is 3.14. The second-order valence-electron chi connectivity index (χ2n) is 2.46. The lowest BCUT2D eigenvalue weighted by Crippen LogP contribution is -2.11. The molecule has 0 aliphatic rings. The summed E-state index contributed by atoms with van der Waals surface area (Å²) < 4.78 is 0.391. The molecule has 0 saturated heterocycles. The van der Waals surface area contributed by atoms with Gasteiger partial charge in [0.1, 0.15) is 0 Å². The standard InChI is InChI=1S/C7H14S/c1-5-6-7(2,3)8-4/h5H,1,6H2,2-4H3. The summed E-state index contributed by atoms with van der Waals surface area (Å²) >= 11 is 1.88. The van der Waals surface area contributed by atoms with Gasteiger partial charge in [0.2, 0.25) is 0 Å². The zero-order valence-corrected chi connectivity index (χ0v) is 6.72. The highest BCUT2D eigenvalue weighted by atomic mass is 32.2. The first-order valence-corrected chi connectivity index (χ1v) is 4.01. The Morgan fingerprint density at radius 3 is 2.25 bits per heavy atom. The summed E-state index contributed by atoms with van der Waals surface area (Å²) in [6.45, 7) is 8.12. The number of allylic oxidation sites excluding steroid dienone is 1. The summed E-state index contributed by atoms with van der Waals surface area (Å²) in [4.78, 5) is 0. The summed E-state index contributed by atoms with van der Waals surface area (Å²) in [5, 5.41) is 0. The maximum atomic E-state index is 3.68. The fourth-order valence-electron chi connectivity index (χ4n) is 0.431. The van der Waals surface area contributed by atoms with Crippen LogP contribution in [0, 0.1) is 0 Å². The van der Waals surface area contributed by atoms with E-state index in [4.69, 9.17) is 0 Å². The van der Waals surface area contributed by atoms with E-state index in [9.17, 15) is 0 Å². The SMILES string of the molecule is C=CCC(C)(C)SC. The van der Waals surface area contributed by atoms with Gasteiger partial charge in [0.05, 0.1) is 0 Å². The van der Waals surface area contributed by atoms with Crippen molar-refractivity contribution in [3.05, 3.63) is 12.7 Å². The van der Waals surface area contributed by atoms with E-state index in [-0.39, 0.29) is 0 Å². The Hall–Kier alpha value is 0.0900. The minimum atomic E-state index is 0.391. The summed E-state index contributed by atoms with van der Waals surface area (Å²) in [7, 11) is 0. The molecule has 0 saturated carbocycles. The van der Waals surface area contributed by atoms with E-state index in [0.717, 1.165) is 6.42 Å². The highest BCUT2D eigenvalue weighted by Crippen LogP contribution is 2.24. The van der Waals surface area contributed by atoms with E-state index in [2.05, 4.69) is 26.7 Å². The van der Waals surface area contributed by atoms with Crippen molar-refractivity contribution < 1.29 is 0 Å². The van der Waals surface area contributed by atoms with Gasteiger partial charge in [0, 0.05) is 4.75 Å². The molecule has 0 amide bonds. The lowest BCUT2D eigenvalue weighted by Gasteiger charge is -2.18. The van der Waals surface area contributed by atoms with Crippen LogP contribution in [0.15, 0.2) is 12.7 Å². The van der Waals surface area contributed by atoms with Crippen LogP contribution in [0.2, 0.25) is 0 Å². The van der Waals surface area contributed by atoms with Crippen molar-refractivity contribution in [3.63, 3.8) is 0 Å². The van der Waals surface area contributed by atoms with Crippen LogP contribution in [-0.2, 0) is 0 Å². The van der Waals surface area contributed by atoms with Gasteiger partial charge in [-0.25, -0.2) is 0 Å². The summed E-state index contributed by atoms with van der Waals surface area (Å²) in [5.41, 5.74) is 0. The predicted molar refractivity (Wildman–Crippen MR) is 42.4 cm³/mol. The molecule has 8 heavy (non-hydrogen) atoms. The minimum Gasteiger partial charge on any atom is -0.159 e. The molecule has 0 aromatic rings. The Labute approximate surface area is 56.4 Å². The molecule has 0 nitrogen and oxygen atoms in total. The number of rotatable bonds is 3. The largest absolute Gasteiger partial charge is 0.159 e. The molecule has 0 N–H and O–H groups in total. The van der Waals surface area contributed by atoms with E-state index in [1.807, 2.05) is 17.8 Å². The van der Waals surface area contributed by atoms with Crippen LogP contribution in [-0.4, -0.2) is 11.0 Å². The quantitative estimate of drug-likeness (QED) is 0.529. The first-order valence-electron chi connectivity index (χ1n) is 2.78. The Balaban J connectivity index is 3.53. The van der Waals surface area contributed by atoms with E-state index >= 15 is 0 Å². The fourth-order valence-corrected chi connectivity index (χ4v) is 0.715. The normalized spacial score (nSPS) is 11.4. The van der Waals surface area contributed by atoms with Crippen molar-refractivity contribution in [1.82, 2.24) is 0 Å². The van der Waals surface area contributed by atoms with Crippen molar-refractivity contribution in [2.75, 3.05) is 6.26 Å². The first-order chi connectivity index (χ1) is 3.62. The molecule has 1 heteroatoms. The van der Waals surface area contributed by atoms with E-state index in [1.54, 1.807) is 0 Å². The zero-order valence-electron chi connectivity index (χ0n) is 5.90. The lowest BCUT2D eigenvalue weighted by molar-refractivity contribution is 0.729. The molecule has 0 aliphatic heterocycles. The molecule has 0 unspecified atom stereocenters. The van der Waals surface area contributed by atoms with Gasteiger partial charge < -0.3 is 0 Å². The van der Waals surface area contributed by atoms with Crippen LogP contribution in [0.3, 0.4) is 0 Å². The molecule has 0 bridgehead atoms. The van der Waals surface area contributed by atoms with Crippen molar-refractivity contribution in [1.29, 1.82) is 0 Å². The molecule has 0 aromatic carbocycles. The Morgan fingerprint density at radius 1 is 1.62 bits per heavy atom. The van der Waals surface area contributed by atoms with Crippen LogP contribution in [0.4, 0.5) is 0 Å². The molecule has 0 radical (unpaired) electrons. The molecular weight excluding hydrogens is 116 g/mol. The molecule has 0 spiro atoms. The van der Waals surface area contributed by atoms with Gasteiger partial charge in [0.15, 0.2) is 0 Å². The van der Waals surface area contributed by atoms with Crippen molar-refractivity contribution in [2.45, 2.75) is 25.0 Å². The molecule has 0 rings (SSSR count). The Morgan fingerprint density at radius 2 is 2.12 bits per heavy atom. The van der Waals surface area contributed by atoms with Crippen LogP contribution in [0.25, 0.3) is 0 Å². The summed E-state index contributed by atoms with van der Waals surface area (Å²) in [6, 6.07) is 0. The van der Waals surface area contributed by atoms with Crippen LogP contribution < -0.4 is 0 Å². The van der Waals surface area contributed by atoms with Crippen molar-refractivity contribution in [2.24, 2.45) is 0 Å². The Bertz CT molecular complexity index is 74.5. The molecule has 0 atom stereocenters. The highest BCUT2D eigenvalue weighted by molar-refractivity contribution is 7.99. The van der Waals surface area contributed by atoms with Gasteiger partial charge in [-0.15, -0.1) is 6.58 Å². The van der Waals surface area contributed by atoms with Crippen LogP contribution in [0.1, 0.15) is 20.3 Å². The van der Waals surface area contributed by atoms with E-state index in [1.165, 1.54) is 0 Å². The van der Waals surface area contributed by atoms with Crippen LogP contribution >= 0.6 is 11.8 Å². The lowest BCUT2D eigenvalue weighted by atomic mass is 10.1. The minimum absolute atomic E-state index is 0.391. The molecule has 0 aliphatic carbocycles. The monoisotopic (exact) mass is 130 g/mol. The number of hydrogen-bond acceptors (Lipinski definition) is 1. The highest BCUT2D eigenvalue weighted by Gasteiger charge is 2.11. The van der Waals surface area contributed by atoms with E-state index in [0.29, 0.717) is 4.75 Å². The third-order valence-corrected chi connectivity index (χ3v) is 2.46. The van der Waals surface area contributed by atoms with Gasteiger partial charge in [-0.1, -0.05) is 19.9 Å². The van der Waals surface area contributed by atoms with Gasteiger partial charge in [-0.2, -0.15) is 11.8 Å². The first kappa shape index (κ1) is 8.09. The third-order valence-electron chi connectivity index (χ3n) is 1.19. The van der Waals surface area contributed by atoms with Gasteiger partial charge >= 0.3 is 0 Å². The van der Waals surface area contributed by atoms with E-state index < -0.39 is 0 Å². The number of thioether (sulfide) groups is 1. The summed E-state index contributed by atoms with van der Waals surface area (Å²) in [5.74, 6) is 0. The Kier molecular flexibility index (Phi) is 3.22. The topological polar surface area (TPSA) is 0 Å². The molecule has 48 valence electrons. The van der Waals surface area contributed by atoms with Gasteiger partial charge in [-0.05, 0) is 12.7 Å². The molecule has 0 aromatic heterocycles. The summed E-state index contributed by atoms with van der Waals surface area (Å²) in [6.07, 6.45) is 5.19.